The normalized spacial score (nSPS) is 27.4. The van der Waals surface area contributed by atoms with E-state index in [4.69, 9.17) is 20.7 Å². The van der Waals surface area contributed by atoms with E-state index in [1.165, 1.54) is 0 Å². The first-order valence-corrected chi connectivity index (χ1v) is 18.6. The number of thioether (sulfide) groups is 1. The van der Waals surface area contributed by atoms with Crippen molar-refractivity contribution in [1.29, 1.82) is 0 Å². The molecule has 3 heterocycles. The van der Waals surface area contributed by atoms with Gasteiger partial charge in [0, 0.05) is 60.7 Å². The first-order chi connectivity index (χ1) is 21.5. The number of carbonyl (C=O) groups is 2. The number of aryl methyl sites for hydroxylation is 1. The van der Waals surface area contributed by atoms with Crippen LogP contribution in [-0.4, -0.2) is 85.6 Å². The molecule has 1 aliphatic carbocycles. The van der Waals surface area contributed by atoms with E-state index in [9.17, 15) is 19.0 Å². The largest absolute Gasteiger partial charge is 0.371 e. The smallest absolute Gasteiger partial charge is 0.354 e. The Morgan fingerprint density at radius 2 is 2.04 bits per heavy atom. The number of guanidine groups is 1. The third-order valence-corrected chi connectivity index (χ3v) is 11.9. The number of nitrogens with zero attached hydrogens (tertiary/aromatic N) is 4. The molecule has 1 aromatic heterocycles. The Balaban J connectivity index is 1.19. The molecule has 2 aliphatic heterocycles. The van der Waals surface area contributed by atoms with Gasteiger partial charge >= 0.3 is 13.6 Å². The van der Waals surface area contributed by atoms with Crippen LogP contribution in [0.15, 0.2) is 22.6 Å². The van der Waals surface area contributed by atoms with Gasteiger partial charge in [0.15, 0.2) is 5.96 Å². The summed E-state index contributed by atoms with van der Waals surface area (Å²) in [6.07, 6.45) is 8.75. The molecule has 2 saturated heterocycles. The first-order valence-electron chi connectivity index (χ1n) is 16.0. The number of fused-ring (bicyclic) bond motifs is 1. The first kappa shape index (κ1) is 35.4. The standard InChI is InChI=1S/C29H49N8O6PS/c1-4-21(5-2)43-25-15-22(14-23(18(25)3)32-28(30)31)44(40,41)42-13-11-19-16-37(36-35-19)12-10-20(38)8-6-7-9-26-27-24(17-45-26)33-29(39)34-27/h15-16,18,21,23-27H,4-14,17H2,1-3H3,(H,40,41)(H4,30,31,32)(H2,33,34,39)/t18-,23+,24+,25-,26+,27+/m1/s1. The number of rotatable bonds is 18. The fourth-order valence-corrected chi connectivity index (χ4v) is 8.85. The summed E-state index contributed by atoms with van der Waals surface area (Å²) in [4.78, 5) is 39.2. The van der Waals surface area contributed by atoms with E-state index in [0.29, 0.717) is 30.3 Å². The summed E-state index contributed by atoms with van der Waals surface area (Å²) in [6.45, 7) is 6.43. The Morgan fingerprint density at radius 1 is 1.27 bits per heavy atom. The number of ketones is 1. The minimum absolute atomic E-state index is 0.00931. The van der Waals surface area contributed by atoms with Crippen molar-refractivity contribution in [1.82, 2.24) is 25.6 Å². The predicted molar refractivity (Wildman–Crippen MR) is 174 cm³/mol. The van der Waals surface area contributed by atoms with E-state index in [1.54, 1.807) is 17.0 Å². The number of carbonyl (C=O) groups excluding carboxylic acids is 2. The number of unbranched alkanes of at least 4 members (excludes halogenated alkanes) is 1. The lowest BCUT2D eigenvalue weighted by molar-refractivity contribution is -0.119. The average molecular weight is 669 g/mol. The number of amides is 2. The molecular formula is C29H49N8O6PS. The molecule has 16 heteroatoms. The summed E-state index contributed by atoms with van der Waals surface area (Å²) in [6, 6.07) is -0.0770. The minimum atomic E-state index is -4.15. The summed E-state index contributed by atoms with van der Waals surface area (Å²) >= 11 is 1.88. The van der Waals surface area contributed by atoms with Crippen molar-refractivity contribution in [2.45, 2.75) is 121 Å². The van der Waals surface area contributed by atoms with Crippen molar-refractivity contribution in [3.8, 4) is 0 Å². The van der Waals surface area contributed by atoms with Gasteiger partial charge in [0.1, 0.15) is 5.78 Å². The lowest BCUT2D eigenvalue weighted by Crippen LogP contribution is -2.38. The van der Waals surface area contributed by atoms with E-state index in [0.717, 1.165) is 37.9 Å². The van der Waals surface area contributed by atoms with Gasteiger partial charge in [0.25, 0.3) is 0 Å². The van der Waals surface area contributed by atoms with E-state index in [2.05, 4.69) is 25.9 Å². The Hall–Kier alpha value is -2.45. The highest BCUT2D eigenvalue weighted by molar-refractivity contribution is 8.00. The molecular weight excluding hydrogens is 619 g/mol. The highest BCUT2D eigenvalue weighted by atomic mass is 32.2. The lowest BCUT2D eigenvalue weighted by atomic mass is 9.88. The zero-order valence-electron chi connectivity index (χ0n) is 26.5. The molecule has 1 unspecified atom stereocenters. The molecule has 0 bridgehead atoms. The lowest BCUT2D eigenvalue weighted by Gasteiger charge is -2.35. The number of Topliss-reactive ketones (excluding diaryl/α,β-unsaturated/α-hetero) is 1. The minimum Gasteiger partial charge on any atom is -0.371 e. The van der Waals surface area contributed by atoms with Crippen molar-refractivity contribution in [3.63, 3.8) is 0 Å². The molecule has 45 heavy (non-hydrogen) atoms. The van der Waals surface area contributed by atoms with Crippen LogP contribution in [0, 0.1) is 5.92 Å². The van der Waals surface area contributed by atoms with E-state index in [-0.39, 0.29) is 66.6 Å². The number of aliphatic imine (C=N–C) groups is 1. The van der Waals surface area contributed by atoms with E-state index in [1.807, 2.05) is 32.5 Å². The zero-order chi connectivity index (χ0) is 32.6. The number of nitrogens with one attached hydrogen (secondary N) is 2. The molecule has 0 spiro atoms. The van der Waals surface area contributed by atoms with Crippen LogP contribution >= 0.6 is 19.4 Å². The maximum Gasteiger partial charge on any atom is 0.354 e. The second-order valence-corrected chi connectivity index (χ2v) is 15.3. The van der Waals surface area contributed by atoms with Crippen molar-refractivity contribution in [2.75, 3.05) is 12.4 Å². The molecule has 2 fully saturated rings. The molecule has 1 aromatic rings. The number of ether oxygens (including phenoxy) is 1. The van der Waals surface area contributed by atoms with Gasteiger partial charge in [-0.05, 0) is 31.8 Å². The van der Waals surface area contributed by atoms with Crippen LogP contribution < -0.4 is 22.1 Å². The summed E-state index contributed by atoms with van der Waals surface area (Å²) in [5.41, 5.74) is 11.9. The second-order valence-electron chi connectivity index (χ2n) is 12.1. The molecule has 7 N–H and O–H groups in total. The second kappa shape index (κ2) is 16.4. The fraction of sp³-hybridized carbons (Fsp3) is 0.759. The maximum absolute atomic E-state index is 13.3. The Bertz CT molecular complexity index is 1270. The Morgan fingerprint density at radius 3 is 2.78 bits per heavy atom. The van der Waals surface area contributed by atoms with Crippen molar-refractivity contribution < 1.29 is 28.3 Å². The maximum atomic E-state index is 13.3. The number of aromatic nitrogens is 3. The Kier molecular flexibility index (Phi) is 12.9. The van der Waals surface area contributed by atoms with E-state index >= 15 is 0 Å². The van der Waals surface area contributed by atoms with Gasteiger partial charge < -0.3 is 36.3 Å². The molecule has 0 saturated carbocycles. The molecule has 2 amide bonds. The van der Waals surface area contributed by atoms with Gasteiger partial charge in [-0.15, -0.1) is 5.10 Å². The fourth-order valence-electron chi connectivity index (χ4n) is 6.05. The molecule has 4 rings (SSSR count). The third kappa shape index (κ3) is 10.0. The Labute approximate surface area is 269 Å². The van der Waals surface area contributed by atoms with Gasteiger partial charge in [-0.25, -0.2) is 9.79 Å². The van der Waals surface area contributed by atoms with Crippen LogP contribution in [0.25, 0.3) is 0 Å². The molecule has 0 aromatic carbocycles. The summed E-state index contributed by atoms with van der Waals surface area (Å²) in [5, 5.41) is 14.8. The molecule has 3 aliphatic rings. The van der Waals surface area contributed by atoms with Crippen molar-refractivity contribution >= 4 is 37.1 Å². The van der Waals surface area contributed by atoms with Crippen LogP contribution in [-0.2, 0) is 31.6 Å². The van der Waals surface area contributed by atoms with Crippen molar-refractivity contribution in [2.24, 2.45) is 22.4 Å². The van der Waals surface area contributed by atoms with E-state index < -0.39 is 19.7 Å². The van der Waals surface area contributed by atoms with Crippen LogP contribution in [0.5, 0.6) is 0 Å². The number of hydrogen-bond acceptors (Lipinski definition) is 9. The number of hydrogen-bond donors (Lipinski definition) is 5. The molecule has 0 radical (unpaired) electrons. The summed E-state index contributed by atoms with van der Waals surface area (Å²) in [5.74, 6) is 0.941. The summed E-state index contributed by atoms with van der Waals surface area (Å²) in [7, 11) is -4.15. The van der Waals surface area contributed by atoms with Gasteiger partial charge in [-0.1, -0.05) is 32.4 Å². The van der Waals surface area contributed by atoms with Gasteiger partial charge in [0.05, 0.1) is 42.6 Å². The summed E-state index contributed by atoms with van der Waals surface area (Å²) < 4.78 is 26.7. The SMILES string of the molecule is CCC(CC)O[C@@H]1C=C(P(=O)(O)OCCc2cn(CCC(=O)CCCC[C@@H]3SC[C@@H]4NC(=O)N[C@@H]43)nn2)C[C@H](N=C(N)N)[C@H]1C. The molecule has 7 atom stereocenters. The van der Waals surface area contributed by atoms with Gasteiger partial charge in [-0.2, -0.15) is 11.8 Å². The number of urea groups is 1. The topological polar surface area (TPSA) is 209 Å². The highest BCUT2D eigenvalue weighted by Gasteiger charge is 2.42. The molecule has 252 valence electrons. The van der Waals surface area contributed by atoms with Gasteiger partial charge in [0.2, 0.25) is 0 Å². The van der Waals surface area contributed by atoms with Crippen LogP contribution in [0.2, 0.25) is 0 Å². The van der Waals surface area contributed by atoms with Crippen molar-refractivity contribution in [3.05, 3.63) is 23.3 Å². The third-order valence-electron chi connectivity index (χ3n) is 8.80. The van der Waals surface area contributed by atoms with Crippen LogP contribution in [0.1, 0.15) is 77.8 Å². The van der Waals surface area contributed by atoms with Crippen LogP contribution in [0.3, 0.4) is 0 Å². The monoisotopic (exact) mass is 668 g/mol. The quantitative estimate of drug-likeness (QED) is 0.0505. The number of nitrogens with two attached hydrogens (primary N) is 2. The highest BCUT2D eigenvalue weighted by Crippen LogP contribution is 2.55. The predicted octanol–water partition coefficient (Wildman–Crippen LogP) is 2.85. The zero-order valence-corrected chi connectivity index (χ0v) is 28.2. The molecule has 14 nitrogen and oxygen atoms in total. The van der Waals surface area contributed by atoms with Crippen LogP contribution in [0.4, 0.5) is 4.79 Å². The average Bonchev–Trinajstić information content (AvgIpc) is 3.70. The van der Waals surface area contributed by atoms with Gasteiger partial charge in [-0.3, -0.25) is 14.0 Å².